The number of carbonyl (C=O) groups excluding carboxylic acids is 1. The molecule has 0 spiro atoms. The highest BCUT2D eigenvalue weighted by Gasteiger charge is 2.11. The van der Waals surface area contributed by atoms with Crippen LogP contribution in [0.3, 0.4) is 0 Å². The molecule has 2 aromatic carbocycles. The third-order valence-corrected chi connectivity index (χ3v) is 4.86. The van der Waals surface area contributed by atoms with E-state index in [1.807, 2.05) is 36.4 Å². The van der Waals surface area contributed by atoms with E-state index in [0.717, 1.165) is 11.3 Å². The number of halogens is 1. The molecule has 128 valence electrons. The van der Waals surface area contributed by atoms with E-state index in [9.17, 15) is 10.1 Å². The number of nitrogens with zero attached hydrogens (tertiary/aromatic N) is 2. The van der Waals surface area contributed by atoms with E-state index in [2.05, 4.69) is 16.4 Å². The first-order chi connectivity index (χ1) is 12.7. The van der Waals surface area contributed by atoms with E-state index in [4.69, 9.17) is 11.6 Å². The Morgan fingerprint density at radius 2 is 1.81 bits per heavy atom. The molecule has 4 nitrogen and oxygen atoms in total. The fourth-order valence-corrected chi connectivity index (χ4v) is 3.24. The molecule has 0 fully saturated rings. The van der Waals surface area contributed by atoms with Gasteiger partial charge in [-0.2, -0.15) is 5.26 Å². The van der Waals surface area contributed by atoms with Gasteiger partial charge in [-0.25, -0.2) is 4.98 Å². The zero-order valence-electron chi connectivity index (χ0n) is 13.6. The van der Waals surface area contributed by atoms with Crippen LogP contribution in [0.5, 0.6) is 0 Å². The summed E-state index contributed by atoms with van der Waals surface area (Å²) in [4.78, 5) is 16.7. The first-order valence-corrected chi connectivity index (χ1v) is 9.17. The molecule has 0 aliphatic heterocycles. The number of aromatic nitrogens is 1. The summed E-state index contributed by atoms with van der Waals surface area (Å²) in [6, 6.07) is 22.4. The number of benzene rings is 2. The van der Waals surface area contributed by atoms with Crippen LogP contribution in [0.25, 0.3) is 11.3 Å². The maximum atomic E-state index is 12.2. The van der Waals surface area contributed by atoms with Gasteiger partial charge in [0.25, 0.3) is 0 Å². The summed E-state index contributed by atoms with van der Waals surface area (Å²) in [5.41, 5.74) is 2.73. The lowest BCUT2D eigenvalue weighted by Crippen LogP contribution is -2.14. The van der Waals surface area contributed by atoms with E-state index in [0.29, 0.717) is 21.3 Å². The second kappa shape index (κ2) is 8.52. The van der Waals surface area contributed by atoms with Crippen LogP contribution in [-0.4, -0.2) is 16.6 Å². The standard InChI is InChI=1S/C20H14ClN3OS/c21-16-8-4-5-9-18(16)23-19(25)13-26-20-15(12-22)10-11-17(24-20)14-6-2-1-3-7-14/h1-11H,13H2,(H,23,25). The van der Waals surface area contributed by atoms with Gasteiger partial charge in [0.15, 0.2) is 0 Å². The van der Waals surface area contributed by atoms with E-state index in [-0.39, 0.29) is 11.7 Å². The highest BCUT2D eigenvalue weighted by molar-refractivity contribution is 8.00. The lowest BCUT2D eigenvalue weighted by molar-refractivity contribution is -0.113. The predicted octanol–water partition coefficient (Wildman–Crippen LogP) is 5.00. The van der Waals surface area contributed by atoms with E-state index >= 15 is 0 Å². The van der Waals surface area contributed by atoms with Gasteiger partial charge in [0.2, 0.25) is 5.91 Å². The first kappa shape index (κ1) is 18.0. The maximum absolute atomic E-state index is 12.2. The molecular weight excluding hydrogens is 366 g/mol. The molecule has 0 aliphatic carbocycles. The SMILES string of the molecule is N#Cc1ccc(-c2ccccc2)nc1SCC(=O)Nc1ccccc1Cl. The average Bonchev–Trinajstić information content (AvgIpc) is 2.68. The van der Waals surface area contributed by atoms with Crippen LogP contribution in [-0.2, 0) is 4.79 Å². The topological polar surface area (TPSA) is 65.8 Å². The van der Waals surface area contributed by atoms with E-state index in [1.165, 1.54) is 11.8 Å². The second-order valence-electron chi connectivity index (χ2n) is 5.34. The monoisotopic (exact) mass is 379 g/mol. The minimum Gasteiger partial charge on any atom is -0.324 e. The highest BCUT2D eigenvalue weighted by Crippen LogP contribution is 2.26. The minimum absolute atomic E-state index is 0.130. The van der Waals surface area contributed by atoms with Gasteiger partial charge in [0.05, 0.1) is 27.7 Å². The van der Waals surface area contributed by atoms with Crippen LogP contribution in [0.4, 0.5) is 5.69 Å². The summed E-state index contributed by atoms with van der Waals surface area (Å²) in [5, 5.41) is 13.1. The number of amides is 1. The molecule has 0 radical (unpaired) electrons. The number of nitrogens with one attached hydrogen (secondary N) is 1. The molecule has 0 saturated heterocycles. The van der Waals surface area contributed by atoms with Crippen molar-refractivity contribution in [3.63, 3.8) is 0 Å². The van der Waals surface area contributed by atoms with Crippen LogP contribution < -0.4 is 5.32 Å². The zero-order valence-corrected chi connectivity index (χ0v) is 15.2. The Kier molecular flexibility index (Phi) is 5.90. The zero-order chi connectivity index (χ0) is 18.4. The van der Waals surface area contributed by atoms with Gasteiger partial charge in [-0.15, -0.1) is 0 Å². The van der Waals surface area contributed by atoms with Gasteiger partial charge in [-0.1, -0.05) is 65.8 Å². The fourth-order valence-electron chi connectivity index (χ4n) is 2.29. The molecule has 0 atom stereocenters. The molecule has 26 heavy (non-hydrogen) atoms. The number of pyridine rings is 1. The van der Waals surface area contributed by atoms with Gasteiger partial charge in [-0.05, 0) is 24.3 Å². The van der Waals surface area contributed by atoms with Crippen molar-refractivity contribution >= 4 is 35.0 Å². The quantitative estimate of drug-likeness (QED) is 0.633. The third-order valence-electron chi connectivity index (χ3n) is 3.54. The highest BCUT2D eigenvalue weighted by atomic mass is 35.5. The molecule has 1 amide bonds. The molecule has 1 aromatic heterocycles. The number of para-hydroxylation sites is 1. The third kappa shape index (κ3) is 4.42. The number of hydrogen-bond donors (Lipinski definition) is 1. The van der Waals surface area contributed by atoms with Crippen molar-refractivity contribution in [1.82, 2.24) is 4.98 Å². The summed E-state index contributed by atoms with van der Waals surface area (Å²) < 4.78 is 0. The van der Waals surface area contributed by atoms with Gasteiger partial charge >= 0.3 is 0 Å². The number of hydrogen-bond acceptors (Lipinski definition) is 4. The van der Waals surface area contributed by atoms with Crippen LogP contribution in [0.15, 0.2) is 71.8 Å². The molecule has 3 rings (SSSR count). The summed E-state index contributed by atoms with van der Waals surface area (Å²) in [6.07, 6.45) is 0. The number of nitriles is 1. The lowest BCUT2D eigenvalue weighted by Gasteiger charge is -2.08. The van der Waals surface area contributed by atoms with Crippen molar-refractivity contribution in [2.45, 2.75) is 5.03 Å². The number of thioether (sulfide) groups is 1. The fraction of sp³-hybridized carbons (Fsp3) is 0.0500. The van der Waals surface area contributed by atoms with Crippen molar-refractivity contribution in [2.75, 3.05) is 11.1 Å². The Labute approximate surface area is 160 Å². The van der Waals surface area contributed by atoms with Crippen molar-refractivity contribution in [3.8, 4) is 17.3 Å². The van der Waals surface area contributed by atoms with Crippen LogP contribution in [0.2, 0.25) is 5.02 Å². The first-order valence-electron chi connectivity index (χ1n) is 7.81. The molecule has 6 heteroatoms. The van der Waals surface area contributed by atoms with Gasteiger partial charge in [0.1, 0.15) is 11.1 Å². The largest absolute Gasteiger partial charge is 0.324 e. The van der Waals surface area contributed by atoms with Crippen LogP contribution >= 0.6 is 23.4 Å². The molecule has 1 N–H and O–H groups in total. The van der Waals surface area contributed by atoms with E-state index < -0.39 is 0 Å². The van der Waals surface area contributed by atoms with Gasteiger partial charge in [-0.3, -0.25) is 4.79 Å². The Morgan fingerprint density at radius 1 is 1.08 bits per heavy atom. The average molecular weight is 380 g/mol. The molecule has 0 unspecified atom stereocenters. The molecule has 0 aliphatic rings. The maximum Gasteiger partial charge on any atom is 0.234 e. The minimum atomic E-state index is -0.209. The van der Waals surface area contributed by atoms with Crippen LogP contribution in [0.1, 0.15) is 5.56 Å². The van der Waals surface area contributed by atoms with Gasteiger partial charge in [0, 0.05) is 5.56 Å². The Balaban J connectivity index is 1.73. The molecule has 0 bridgehead atoms. The summed E-state index contributed by atoms with van der Waals surface area (Å²) in [5.74, 6) is -0.0792. The number of carbonyl (C=O) groups is 1. The molecule has 0 saturated carbocycles. The Morgan fingerprint density at radius 3 is 2.54 bits per heavy atom. The predicted molar refractivity (Wildman–Crippen MR) is 105 cm³/mol. The summed E-state index contributed by atoms with van der Waals surface area (Å²) >= 11 is 7.27. The second-order valence-corrected chi connectivity index (χ2v) is 6.71. The van der Waals surface area contributed by atoms with E-state index in [1.54, 1.807) is 30.3 Å². The Hall–Kier alpha value is -2.81. The van der Waals surface area contributed by atoms with Crippen molar-refractivity contribution in [2.24, 2.45) is 0 Å². The lowest BCUT2D eigenvalue weighted by atomic mass is 10.1. The normalized spacial score (nSPS) is 10.2. The van der Waals surface area contributed by atoms with Gasteiger partial charge < -0.3 is 5.32 Å². The summed E-state index contributed by atoms with van der Waals surface area (Å²) in [7, 11) is 0. The molecule has 3 aromatic rings. The van der Waals surface area contributed by atoms with Crippen molar-refractivity contribution in [3.05, 3.63) is 77.3 Å². The van der Waals surface area contributed by atoms with Crippen LogP contribution in [0, 0.1) is 11.3 Å². The number of rotatable bonds is 5. The van der Waals surface area contributed by atoms with Crippen molar-refractivity contribution < 1.29 is 4.79 Å². The summed E-state index contributed by atoms with van der Waals surface area (Å²) in [6.45, 7) is 0. The Bertz CT molecular complexity index is 970. The smallest absolute Gasteiger partial charge is 0.234 e. The van der Waals surface area contributed by atoms with Crippen molar-refractivity contribution in [1.29, 1.82) is 5.26 Å². The number of anilines is 1. The molecular formula is C20H14ClN3OS. The molecule has 1 heterocycles.